The van der Waals surface area contributed by atoms with E-state index >= 15 is 0 Å². The molecule has 2 rings (SSSR count). The summed E-state index contributed by atoms with van der Waals surface area (Å²) in [4.78, 5) is 0. The third kappa shape index (κ3) is 2.74. The van der Waals surface area contributed by atoms with E-state index in [2.05, 4.69) is 12.2 Å². The van der Waals surface area contributed by atoms with Crippen LogP contribution in [0.4, 0.5) is 4.39 Å². The van der Waals surface area contributed by atoms with Crippen LogP contribution in [0.15, 0.2) is 18.2 Å². The van der Waals surface area contributed by atoms with Crippen LogP contribution in [-0.2, 0) is 6.42 Å². The minimum absolute atomic E-state index is 0.204. The lowest BCUT2D eigenvalue weighted by Gasteiger charge is -2.19. The quantitative estimate of drug-likeness (QED) is 0.855. The molecule has 2 unspecified atom stereocenters. The molecule has 1 nitrogen and oxygen atoms in total. The number of benzene rings is 1. The van der Waals surface area contributed by atoms with Gasteiger partial charge in [-0.2, -0.15) is 0 Å². The molecule has 0 aliphatic carbocycles. The summed E-state index contributed by atoms with van der Waals surface area (Å²) in [5.74, 6) is 0.230. The fourth-order valence-electron chi connectivity index (χ4n) is 2.38. The molecule has 1 N–H and O–H groups in total. The molecule has 0 radical (unpaired) electrons. The number of hydrogen-bond donors (Lipinski definition) is 1. The lowest BCUT2D eigenvalue weighted by Crippen LogP contribution is -2.29. The fourth-order valence-corrected chi connectivity index (χ4v) is 2.50. The maximum atomic E-state index is 13.3. The Hall–Kier alpha value is -0.600. The van der Waals surface area contributed by atoms with Gasteiger partial charge in [-0.1, -0.05) is 24.6 Å². The molecule has 0 amide bonds. The van der Waals surface area contributed by atoms with Crippen molar-refractivity contribution in [2.75, 3.05) is 6.54 Å². The van der Waals surface area contributed by atoms with Gasteiger partial charge in [-0.15, -0.1) is 0 Å². The van der Waals surface area contributed by atoms with Gasteiger partial charge in [0.05, 0.1) is 5.02 Å². The summed E-state index contributed by atoms with van der Waals surface area (Å²) in [6.45, 7) is 3.33. The molecule has 1 aromatic carbocycles. The van der Waals surface area contributed by atoms with Crippen LogP contribution in [-0.4, -0.2) is 12.6 Å². The van der Waals surface area contributed by atoms with Gasteiger partial charge in [0.2, 0.25) is 0 Å². The van der Waals surface area contributed by atoms with Crippen molar-refractivity contribution in [3.8, 4) is 0 Å². The van der Waals surface area contributed by atoms with Crippen LogP contribution in [0, 0.1) is 11.7 Å². The first-order valence-corrected chi connectivity index (χ1v) is 6.22. The van der Waals surface area contributed by atoms with Gasteiger partial charge in [0.15, 0.2) is 0 Å². The summed E-state index contributed by atoms with van der Waals surface area (Å²) in [6.07, 6.45) is 3.40. The second-order valence-corrected chi connectivity index (χ2v) is 5.04. The van der Waals surface area contributed by atoms with E-state index < -0.39 is 0 Å². The molecule has 0 spiro atoms. The summed E-state index contributed by atoms with van der Waals surface area (Å²) in [6, 6.07) is 5.69. The number of hydrogen-bond acceptors (Lipinski definition) is 1. The third-order valence-corrected chi connectivity index (χ3v) is 3.63. The molecule has 1 saturated heterocycles. The Labute approximate surface area is 101 Å². The molecule has 1 heterocycles. The van der Waals surface area contributed by atoms with Crippen LogP contribution in [0.25, 0.3) is 0 Å². The average Bonchev–Trinajstić information content (AvgIpc) is 2.77. The highest BCUT2D eigenvalue weighted by atomic mass is 35.5. The van der Waals surface area contributed by atoms with Crippen molar-refractivity contribution in [1.82, 2.24) is 5.32 Å². The zero-order chi connectivity index (χ0) is 11.5. The summed E-state index contributed by atoms with van der Waals surface area (Å²) in [5, 5.41) is 3.69. The molecule has 0 saturated carbocycles. The van der Waals surface area contributed by atoms with Gasteiger partial charge in [-0.25, -0.2) is 4.39 Å². The SMILES string of the molecule is CC(Cc1ccc(Cl)c(F)c1)C1CCCN1. The first-order chi connectivity index (χ1) is 7.66. The molecule has 16 heavy (non-hydrogen) atoms. The van der Waals surface area contributed by atoms with E-state index in [0.29, 0.717) is 12.0 Å². The van der Waals surface area contributed by atoms with E-state index in [1.807, 2.05) is 6.07 Å². The minimum Gasteiger partial charge on any atom is -0.314 e. The Bertz CT molecular complexity index is 361. The monoisotopic (exact) mass is 241 g/mol. The van der Waals surface area contributed by atoms with E-state index in [9.17, 15) is 4.39 Å². The van der Waals surface area contributed by atoms with E-state index in [-0.39, 0.29) is 10.8 Å². The second-order valence-electron chi connectivity index (χ2n) is 4.63. The maximum Gasteiger partial charge on any atom is 0.142 e. The second kappa shape index (κ2) is 5.15. The first kappa shape index (κ1) is 11.9. The third-order valence-electron chi connectivity index (χ3n) is 3.33. The molecule has 0 aromatic heterocycles. The highest BCUT2D eigenvalue weighted by Gasteiger charge is 2.21. The first-order valence-electron chi connectivity index (χ1n) is 5.84. The minimum atomic E-state index is -0.314. The molecule has 3 heteroatoms. The topological polar surface area (TPSA) is 12.0 Å². The average molecular weight is 242 g/mol. The Balaban J connectivity index is 1.99. The highest BCUT2D eigenvalue weighted by Crippen LogP contribution is 2.21. The predicted octanol–water partition coefficient (Wildman–Crippen LogP) is 3.41. The van der Waals surface area contributed by atoms with E-state index in [4.69, 9.17) is 11.6 Å². The van der Waals surface area contributed by atoms with Gasteiger partial charge >= 0.3 is 0 Å². The Kier molecular flexibility index (Phi) is 3.82. The van der Waals surface area contributed by atoms with Gasteiger partial charge < -0.3 is 5.32 Å². The lowest BCUT2D eigenvalue weighted by atomic mass is 9.93. The summed E-state index contributed by atoms with van der Waals surface area (Å²) in [5.41, 5.74) is 1.03. The van der Waals surface area contributed by atoms with Crippen LogP contribution in [0.5, 0.6) is 0 Å². The molecule has 1 fully saturated rings. The van der Waals surface area contributed by atoms with Crippen LogP contribution < -0.4 is 5.32 Å². The van der Waals surface area contributed by atoms with Gasteiger partial charge in [0.1, 0.15) is 5.82 Å². The largest absolute Gasteiger partial charge is 0.314 e. The van der Waals surface area contributed by atoms with Crippen molar-refractivity contribution in [2.24, 2.45) is 5.92 Å². The van der Waals surface area contributed by atoms with E-state index in [1.165, 1.54) is 12.8 Å². The molecule has 1 aromatic rings. The summed E-state index contributed by atoms with van der Waals surface area (Å²) in [7, 11) is 0. The molecule has 88 valence electrons. The smallest absolute Gasteiger partial charge is 0.142 e. The molecule has 0 bridgehead atoms. The van der Waals surface area contributed by atoms with Crippen LogP contribution in [0.2, 0.25) is 5.02 Å². The van der Waals surface area contributed by atoms with Crippen LogP contribution >= 0.6 is 11.6 Å². The van der Waals surface area contributed by atoms with Crippen molar-refractivity contribution in [1.29, 1.82) is 0 Å². The van der Waals surface area contributed by atoms with Crippen molar-refractivity contribution in [3.05, 3.63) is 34.6 Å². The van der Waals surface area contributed by atoms with E-state index in [1.54, 1.807) is 12.1 Å². The lowest BCUT2D eigenvalue weighted by molar-refractivity contribution is 0.417. The summed E-state index contributed by atoms with van der Waals surface area (Å²) < 4.78 is 13.3. The Morgan fingerprint density at radius 2 is 2.38 bits per heavy atom. The van der Waals surface area contributed by atoms with Crippen molar-refractivity contribution in [3.63, 3.8) is 0 Å². The van der Waals surface area contributed by atoms with Crippen molar-refractivity contribution >= 4 is 11.6 Å². The normalized spacial score (nSPS) is 22.3. The van der Waals surface area contributed by atoms with Gasteiger partial charge in [0.25, 0.3) is 0 Å². The van der Waals surface area contributed by atoms with Crippen LogP contribution in [0.1, 0.15) is 25.3 Å². The highest BCUT2D eigenvalue weighted by molar-refractivity contribution is 6.30. The van der Waals surface area contributed by atoms with E-state index in [0.717, 1.165) is 18.5 Å². The molecule has 2 atom stereocenters. The zero-order valence-electron chi connectivity index (χ0n) is 9.47. The molecular formula is C13H17ClFN. The number of halogens is 2. The predicted molar refractivity (Wildman–Crippen MR) is 65.3 cm³/mol. The molecule has 1 aliphatic heterocycles. The van der Waals surface area contributed by atoms with Crippen molar-refractivity contribution in [2.45, 2.75) is 32.2 Å². The maximum absolute atomic E-state index is 13.3. The van der Waals surface area contributed by atoms with Crippen molar-refractivity contribution < 1.29 is 4.39 Å². The standard InChI is InChI=1S/C13H17ClFN/c1-9(13-3-2-6-16-13)7-10-4-5-11(14)12(15)8-10/h4-5,8-9,13,16H,2-3,6-7H2,1H3. The van der Waals surface area contributed by atoms with Gasteiger partial charge in [0, 0.05) is 6.04 Å². The Morgan fingerprint density at radius 3 is 3.00 bits per heavy atom. The van der Waals surface area contributed by atoms with Crippen LogP contribution in [0.3, 0.4) is 0 Å². The number of nitrogens with one attached hydrogen (secondary N) is 1. The van der Waals surface area contributed by atoms with Gasteiger partial charge in [-0.3, -0.25) is 0 Å². The zero-order valence-corrected chi connectivity index (χ0v) is 10.2. The molecular weight excluding hydrogens is 225 g/mol. The summed E-state index contributed by atoms with van der Waals surface area (Å²) >= 11 is 5.66. The number of rotatable bonds is 3. The fraction of sp³-hybridized carbons (Fsp3) is 0.538. The van der Waals surface area contributed by atoms with Gasteiger partial charge in [-0.05, 0) is 49.4 Å². The molecule has 1 aliphatic rings. The Morgan fingerprint density at radius 1 is 1.56 bits per heavy atom.